The van der Waals surface area contributed by atoms with E-state index in [1.54, 1.807) is 4.31 Å². The third-order valence-corrected chi connectivity index (χ3v) is 6.32. The molecule has 1 aliphatic heterocycles. The summed E-state index contributed by atoms with van der Waals surface area (Å²) in [6.45, 7) is 5.34. The van der Waals surface area contributed by atoms with Crippen LogP contribution in [-0.4, -0.2) is 32.4 Å². The molecule has 21 heavy (non-hydrogen) atoms. The van der Waals surface area contributed by atoms with Crippen LogP contribution in [-0.2, 0) is 23.0 Å². The lowest BCUT2D eigenvalue weighted by molar-refractivity contribution is 0.268. The summed E-state index contributed by atoms with van der Waals surface area (Å²) in [6.07, 6.45) is 3.77. The Hall–Kier alpha value is -0.910. The van der Waals surface area contributed by atoms with E-state index in [-0.39, 0.29) is 6.04 Å². The topological polar surface area (TPSA) is 49.4 Å². The number of benzene rings is 1. The van der Waals surface area contributed by atoms with Crippen LogP contribution in [0.3, 0.4) is 0 Å². The normalized spacial score (nSPS) is 20.6. The number of sulfonamides is 1. The van der Waals surface area contributed by atoms with E-state index in [9.17, 15) is 8.42 Å². The summed E-state index contributed by atoms with van der Waals surface area (Å²) in [5, 5.41) is 3.08. The summed E-state index contributed by atoms with van der Waals surface area (Å²) < 4.78 is 27.8. The summed E-state index contributed by atoms with van der Waals surface area (Å²) in [6, 6.07) is 5.90. The molecule has 0 amide bonds. The number of nitrogens with zero attached hydrogens (tertiary/aromatic N) is 1. The van der Waals surface area contributed by atoms with Gasteiger partial charge in [-0.25, -0.2) is 8.42 Å². The molecule has 5 heteroatoms. The maximum Gasteiger partial charge on any atom is 0.243 e. The van der Waals surface area contributed by atoms with E-state index in [1.807, 2.05) is 39.1 Å². The smallest absolute Gasteiger partial charge is 0.243 e. The van der Waals surface area contributed by atoms with Gasteiger partial charge in [0.2, 0.25) is 10.0 Å². The summed E-state index contributed by atoms with van der Waals surface area (Å²) in [5.74, 6) is 0. The molecule has 2 rings (SSSR count). The zero-order valence-corrected chi connectivity index (χ0v) is 14.0. The Bertz CT molecular complexity index is 584. The van der Waals surface area contributed by atoms with Crippen LogP contribution in [0.2, 0.25) is 0 Å². The first-order chi connectivity index (χ1) is 10.0. The van der Waals surface area contributed by atoms with E-state index in [0.29, 0.717) is 18.0 Å². The second kappa shape index (κ2) is 6.90. The molecule has 1 fully saturated rings. The SMILES string of the molecule is CCc1ccc(CNC)cc1S(=O)(=O)N1CCCCC1C. The van der Waals surface area contributed by atoms with Crippen LogP contribution in [0.15, 0.2) is 23.1 Å². The molecule has 0 radical (unpaired) electrons. The van der Waals surface area contributed by atoms with Crippen molar-refractivity contribution in [3.8, 4) is 0 Å². The maximum absolute atomic E-state index is 13.0. The molecule has 1 aromatic carbocycles. The summed E-state index contributed by atoms with van der Waals surface area (Å²) in [4.78, 5) is 0.492. The first-order valence-electron chi connectivity index (χ1n) is 7.79. The number of hydrogen-bond donors (Lipinski definition) is 1. The van der Waals surface area contributed by atoms with Crippen LogP contribution in [0.4, 0.5) is 0 Å². The predicted octanol–water partition coefficient (Wildman–Crippen LogP) is 2.53. The summed E-state index contributed by atoms with van der Waals surface area (Å²) in [7, 11) is -1.52. The molecular weight excluding hydrogens is 284 g/mol. The van der Waals surface area contributed by atoms with Gasteiger partial charge in [0.25, 0.3) is 0 Å². The molecule has 118 valence electrons. The van der Waals surface area contributed by atoms with Gasteiger partial charge in [-0.2, -0.15) is 4.31 Å². The molecule has 1 saturated heterocycles. The fourth-order valence-corrected chi connectivity index (χ4v) is 5.05. The van der Waals surface area contributed by atoms with Crippen molar-refractivity contribution >= 4 is 10.0 Å². The van der Waals surface area contributed by atoms with Crippen LogP contribution in [0.25, 0.3) is 0 Å². The Morgan fingerprint density at radius 1 is 1.33 bits per heavy atom. The predicted molar refractivity (Wildman–Crippen MR) is 85.8 cm³/mol. The van der Waals surface area contributed by atoms with Gasteiger partial charge < -0.3 is 5.32 Å². The molecule has 0 spiro atoms. The van der Waals surface area contributed by atoms with Crippen molar-refractivity contribution in [1.82, 2.24) is 9.62 Å². The molecule has 0 bridgehead atoms. The molecule has 4 nitrogen and oxygen atoms in total. The fourth-order valence-electron chi connectivity index (χ4n) is 3.00. The average molecular weight is 310 g/mol. The van der Waals surface area contributed by atoms with Crippen molar-refractivity contribution in [2.24, 2.45) is 0 Å². The van der Waals surface area contributed by atoms with E-state index < -0.39 is 10.0 Å². The Balaban J connectivity index is 2.44. The molecule has 1 unspecified atom stereocenters. The quantitative estimate of drug-likeness (QED) is 0.909. The minimum absolute atomic E-state index is 0.0985. The molecule has 1 aliphatic rings. The fraction of sp³-hybridized carbons (Fsp3) is 0.625. The van der Waals surface area contributed by atoms with Crippen LogP contribution in [0.1, 0.15) is 44.2 Å². The molecule has 0 saturated carbocycles. The van der Waals surface area contributed by atoms with Gasteiger partial charge in [0, 0.05) is 19.1 Å². The number of hydrogen-bond acceptors (Lipinski definition) is 3. The van der Waals surface area contributed by atoms with Crippen molar-refractivity contribution in [3.63, 3.8) is 0 Å². The van der Waals surface area contributed by atoms with Crippen LogP contribution < -0.4 is 5.32 Å². The lowest BCUT2D eigenvalue weighted by Gasteiger charge is -2.33. The largest absolute Gasteiger partial charge is 0.316 e. The van der Waals surface area contributed by atoms with Crippen molar-refractivity contribution in [1.29, 1.82) is 0 Å². The summed E-state index contributed by atoms with van der Waals surface area (Å²) in [5.41, 5.74) is 1.92. The Labute approximate surface area is 128 Å². The molecular formula is C16H26N2O2S. The van der Waals surface area contributed by atoms with Crippen LogP contribution >= 0.6 is 0 Å². The lowest BCUT2D eigenvalue weighted by atomic mass is 10.1. The van der Waals surface area contributed by atoms with Crippen LogP contribution in [0, 0.1) is 0 Å². The molecule has 0 aliphatic carbocycles. The zero-order chi connectivity index (χ0) is 15.5. The van der Waals surface area contributed by atoms with Crippen LogP contribution in [0.5, 0.6) is 0 Å². The monoisotopic (exact) mass is 310 g/mol. The molecule has 1 N–H and O–H groups in total. The van der Waals surface area contributed by atoms with Gasteiger partial charge in [-0.05, 0) is 50.4 Å². The van der Waals surface area contributed by atoms with E-state index >= 15 is 0 Å². The highest BCUT2D eigenvalue weighted by Crippen LogP contribution is 2.28. The highest BCUT2D eigenvalue weighted by atomic mass is 32.2. The first-order valence-corrected chi connectivity index (χ1v) is 9.23. The Kier molecular flexibility index (Phi) is 5.41. The second-order valence-electron chi connectivity index (χ2n) is 5.79. The third kappa shape index (κ3) is 3.47. The van der Waals surface area contributed by atoms with Crippen molar-refractivity contribution < 1.29 is 8.42 Å². The second-order valence-corrected chi connectivity index (χ2v) is 7.65. The third-order valence-electron chi connectivity index (χ3n) is 4.22. The first kappa shape index (κ1) is 16.5. The van der Waals surface area contributed by atoms with Gasteiger partial charge in [0.15, 0.2) is 0 Å². The number of piperidine rings is 1. The number of rotatable bonds is 5. The van der Waals surface area contributed by atoms with Crippen molar-refractivity contribution in [3.05, 3.63) is 29.3 Å². The lowest BCUT2D eigenvalue weighted by Crippen LogP contribution is -2.42. The van der Waals surface area contributed by atoms with Gasteiger partial charge in [0.1, 0.15) is 0 Å². The standard InChI is InChI=1S/C16H26N2O2S/c1-4-15-9-8-14(12-17-3)11-16(15)21(19,20)18-10-6-5-7-13(18)2/h8-9,11,13,17H,4-7,10,12H2,1-3H3. The summed E-state index contributed by atoms with van der Waals surface area (Å²) >= 11 is 0. The number of nitrogens with one attached hydrogen (secondary N) is 1. The minimum Gasteiger partial charge on any atom is -0.316 e. The maximum atomic E-state index is 13.0. The molecule has 1 heterocycles. The van der Waals surface area contributed by atoms with Gasteiger partial charge in [0.05, 0.1) is 4.90 Å². The van der Waals surface area contributed by atoms with E-state index in [4.69, 9.17) is 0 Å². The highest BCUT2D eigenvalue weighted by Gasteiger charge is 2.32. The molecule has 1 atom stereocenters. The van der Waals surface area contributed by atoms with E-state index in [2.05, 4.69) is 5.32 Å². The van der Waals surface area contributed by atoms with Gasteiger partial charge in [-0.3, -0.25) is 0 Å². The zero-order valence-electron chi connectivity index (χ0n) is 13.2. The van der Waals surface area contributed by atoms with E-state index in [1.165, 1.54) is 0 Å². The Morgan fingerprint density at radius 3 is 2.71 bits per heavy atom. The highest BCUT2D eigenvalue weighted by molar-refractivity contribution is 7.89. The molecule has 1 aromatic rings. The Morgan fingerprint density at radius 2 is 2.10 bits per heavy atom. The minimum atomic E-state index is -3.39. The number of aryl methyl sites for hydroxylation is 1. The molecule has 0 aromatic heterocycles. The van der Waals surface area contributed by atoms with Crippen molar-refractivity contribution in [2.75, 3.05) is 13.6 Å². The van der Waals surface area contributed by atoms with Gasteiger partial charge in [-0.15, -0.1) is 0 Å². The van der Waals surface area contributed by atoms with E-state index in [0.717, 1.165) is 36.8 Å². The van der Waals surface area contributed by atoms with Gasteiger partial charge >= 0.3 is 0 Å². The van der Waals surface area contributed by atoms with Crippen molar-refractivity contribution in [2.45, 2.75) is 57.0 Å². The average Bonchev–Trinajstić information content (AvgIpc) is 2.48. The van der Waals surface area contributed by atoms with Gasteiger partial charge in [-0.1, -0.05) is 25.5 Å².